The number of sulfonamides is 1. The summed E-state index contributed by atoms with van der Waals surface area (Å²) < 4.78 is 38.4. The van der Waals surface area contributed by atoms with Gasteiger partial charge in [0.2, 0.25) is 21.8 Å². The lowest BCUT2D eigenvalue weighted by Crippen LogP contribution is -2.41. The van der Waals surface area contributed by atoms with Crippen molar-refractivity contribution in [2.75, 3.05) is 49.8 Å². The lowest BCUT2D eigenvalue weighted by Gasteiger charge is -2.25. The van der Waals surface area contributed by atoms with Crippen LogP contribution in [0.3, 0.4) is 0 Å². The molecule has 0 radical (unpaired) electrons. The molecule has 188 valence electrons. The molecule has 2 aromatic rings. The van der Waals surface area contributed by atoms with Gasteiger partial charge in [0.05, 0.1) is 30.5 Å². The number of fused-ring (bicyclic) bond motifs is 1. The molecule has 2 aliphatic rings. The fourth-order valence-electron chi connectivity index (χ4n) is 4.15. The molecule has 1 atom stereocenters. The van der Waals surface area contributed by atoms with Crippen LogP contribution in [0.4, 0.5) is 11.4 Å². The van der Waals surface area contributed by atoms with Gasteiger partial charge in [0, 0.05) is 35.7 Å². The Hall–Kier alpha value is -2.76. The lowest BCUT2D eigenvalue weighted by molar-refractivity contribution is -0.123. The van der Waals surface area contributed by atoms with Gasteiger partial charge in [-0.15, -0.1) is 11.8 Å². The molecule has 4 rings (SSSR count). The number of carbonyl (C=O) groups is 2. The summed E-state index contributed by atoms with van der Waals surface area (Å²) in [7, 11) is -0.663. The smallest absolute Gasteiger partial charge is 0.244 e. The highest BCUT2D eigenvalue weighted by Gasteiger charge is 2.33. The number of rotatable bonds is 7. The van der Waals surface area contributed by atoms with Gasteiger partial charge in [-0.25, -0.2) is 8.42 Å². The third kappa shape index (κ3) is 5.26. The summed E-state index contributed by atoms with van der Waals surface area (Å²) in [5, 5.41) is 2.79. The Morgan fingerprint density at radius 3 is 2.54 bits per heavy atom. The van der Waals surface area contributed by atoms with E-state index in [9.17, 15) is 18.0 Å². The van der Waals surface area contributed by atoms with E-state index in [4.69, 9.17) is 9.47 Å². The second kappa shape index (κ2) is 10.5. The van der Waals surface area contributed by atoms with Crippen LogP contribution < -0.4 is 19.7 Å². The third-order valence-electron chi connectivity index (χ3n) is 6.08. The molecule has 2 aromatic carbocycles. The van der Waals surface area contributed by atoms with Gasteiger partial charge in [-0.3, -0.25) is 9.59 Å². The van der Waals surface area contributed by atoms with Crippen molar-refractivity contribution >= 4 is 45.0 Å². The first-order chi connectivity index (χ1) is 16.7. The van der Waals surface area contributed by atoms with Crippen LogP contribution in [-0.4, -0.2) is 64.1 Å². The first-order valence-electron chi connectivity index (χ1n) is 11.3. The Morgan fingerprint density at radius 2 is 1.86 bits per heavy atom. The maximum absolute atomic E-state index is 13.3. The van der Waals surface area contributed by atoms with Crippen LogP contribution >= 0.6 is 11.8 Å². The summed E-state index contributed by atoms with van der Waals surface area (Å²) in [5.74, 6) is 0.503. The first kappa shape index (κ1) is 25.3. The van der Waals surface area contributed by atoms with E-state index in [1.165, 1.54) is 41.3 Å². The van der Waals surface area contributed by atoms with Crippen molar-refractivity contribution in [1.29, 1.82) is 0 Å². The summed E-state index contributed by atoms with van der Waals surface area (Å²) in [6, 6.07) is 9.85. The van der Waals surface area contributed by atoms with Crippen LogP contribution in [0.1, 0.15) is 19.8 Å². The zero-order chi connectivity index (χ0) is 25.2. The fourth-order valence-corrected chi connectivity index (χ4v) is 6.74. The predicted molar refractivity (Wildman–Crippen MR) is 135 cm³/mol. The number of ether oxygens (including phenoxy) is 2. The summed E-state index contributed by atoms with van der Waals surface area (Å²) in [4.78, 5) is 28.6. The summed E-state index contributed by atoms with van der Waals surface area (Å²) in [6.07, 6.45) is 1.66. The topological polar surface area (TPSA) is 105 Å². The minimum absolute atomic E-state index is 0.126. The Bertz CT molecular complexity index is 1230. The number of hydrogen-bond donors (Lipinski definition) is 1. The summed E-state index contributed by atoms with van der Waals surface area (Å²) in [6.45, 7) is 2.50. The summed E-state index contributed by atoms with van der Waals surface area (Å²) >= 11 is 1.48. The number of benzene rings is 2. The van der Waals surface area contributed by atoms with E-state index < -0.39 is 15.9 Å². The molecule has 0 aliphatic carbocycles. The van der Waals surface area contributed by atoms with Crippen LogP contribution in [0.5, 0.6) is 11.5 Å². The van der Waals surface area contributed by atoms with E-state index >= 15 is 0 Å². The molecule has 9 nitrogen and oxygen atoms in total. The third-order valence-corrected chi connectivity index (χ3v) is 9.30. The van der Waals surface area contributed by atoms with Gasteiger partial charge in [-0.1, -0.05) is 6.92 Å². The van der Waals surface area contributed by atoms with Gasteiger partial charge in [-0.2, -0.15) is 4.31 Å². The van der Waals surface area contributed by atoms with Crippen LogP contribution in [-0.2, 0) is 19.6 Å². The average molecular weight is 520 g/mol. The highest BCUT2D eigenvalue weighted by Crippen LogP contribution is 2.38. The molecular weight excluding hydrogens is 490 g/mol. The van der Waals surface area contributed by atoms with E-state index in [0.717, 1.165) is 17.7 Å². The highest BCUT2D eigenvalue weighted by atomic mass is 32.2. The quantitative estimate of drug-likeness (QED) is 0.599. The number of amides is 2. The van der Waals surface area contributed by atoms with Gasteiger partial charge >= 0.3 is 0 Å². The molecule has 0 bridgehead atoms. The molecule has 11 heteroatoms. The van der Waals surface area contributed by atoms with Crippen molar-refractivity contribution in [1.82, 2.24) is 4.31 Å². The number of anilines is 2. The van der Waals surface area contributed by atoms with Gasteiger partial charge < -0.3 is 19.7 Å². The summed E-state index contributed by atoms with van der Waals surface area (Å²) in [5.41, 5.74) is 0.838. The number of nitrogens with zero attached hydrogens (tertiary/aromatic N) is 2. The van der Waals surface area contributed by atoms with Crippen LogP contribution in [0.25, 0.3) is 0 Å². The van der Waals surface area contributed by atoms with E-state index in [2.05, 4.69) is 5.32 Å². The molecular formula is C24H29N3O6S2. The Kier molecular flexibility index (Phi) is 7.58. The van der Waals surface area contributed by atoms with Crippen molar-refractivity contribution in [3.63, 3.8) is 0 Å². The maximum atomic E-state index is 13.3. The number of nitrogens with one attached hydrogen (secondary N) is 1. The van der Waals surface area contributed by atoms with Gasteiger partial charge in [0.15, 0.2) is 0 Å². The Balaban J connectivity index is 1.65. The predicted octanol–water partition coefficient (Wildman–Crippen LogP) is 3.20. The van der Waals surface area contributed by atoms with Gasteiger partial charge in [0.1, 0.15) is 18.0 Å². The average Bonchev–Trinajstić information content (AvgIpc) is 3.38. The first-order valence-corrected chi connectivity index (χ1v) is 13.8. The number of hydrogen-bond acceptors (Lipinski definition) is 7. The lowest BCUT2D eigenvalue weighted by atomic mass is 10.1. The van der Waals surface area contributed by atoms with E-state index in [0.29, 0.717) is 41.7 Å². The zero-order valence-corrected chi connectivity index (χ0v) is 21.6. The van der Waals surface area contributed by atoms with Crippen molar-refractivity contribution < 1.29 is 27.5 Å². The molecule has 2 heterocycles. The molecule has 1 fully saturated rings. The van der Waals surface area contributed by atoms with Gasteiger partial charge in [0.25, 0.3) is 0 Å². The maximum Gasteiger partial charge on any atom is 0.244 e. The normalized spacial score (nSPS) is 18.7. The van der Waals surface area contributed by atoms with Crippen LogP contribution in [0.15, 0.2) is 46.2 Å². The SMILES string of the molecule is COc1ccc(OC)c(NC(=O)CN2C(=O)[C@H](C)CSc3ccc(S(=O)(=O)N4CCCC4)cc32)c1. The standard InChI is InChI=1S/C24H29N3O6S2/c1-16-15-34-22-9-7-18(35(30,31)26-10-4-5-11-26)13-20(22)27(24(16)29)14-23(28)25-19-12-17(32-2)6-8-21(19)33-3/h6-9,12-13,16H,4-5,10-11,14-15H2,1-3H3,(H,25,28)/t16-/m1/s1. The number of methoxy groups -OCH3 is 2. The van der Waals surface area contributed by atoms with Crippen LogP contribution in [0.2, 0.25) is 0 Å². The van der Waals surface area contributed by atoms with E-state index in [-0.39, 0.29) is 23.3 Å². The second-order valence-electron chi connectivity index (χ2n) is 8.49. The zero-order valence-electron chi connectivity index (χ0n) is 19.9. The molecule has 0 spiro atoms. The molecule has 2 aliphatic heterocycles. The monoisotopic (exact) mass is 519 g/mol. The van der Waals surface area contributed by atoms with Crippen molar-refractivity contribution in [2.24, 2.45) is 5.92 Å². The number of carbonyl (C=O) groups excluding carboxylic acids is 2. The van der Waals surface area contributed by atoms with E-state index in [1.807, 2.05) is 0 Å². The van der Waals surface area contributed by atoms with Crippen molar-refractivity contribution in [3.8, 4) is 11.5 Å². The molecule has 0 aromatic heterocycles. The second-order valence-corrected chi connectivity index (χ2v) is 11.5. The van der Waals surface area contributed by atoms with Gasteiger partial charge in [-0.05, 0) is 43.2 Å². The number of thioether (sulfide) groups is 1. The van der Waals surface area contributed by atoms with Crippen molar-refractivity contribution in [3.05, 3.63) is 36.4 Å². The Morgan fingerprint density at radius 1 is 1.11 bits per heavy atom. The molecule has 0 saturated carbocycles. The molecule has 1 N–H and O–H groups in total. The minimum Gasteiger partial charge on any atom is -0.497 e. The molecule has 2 amide bonds. The van der Waals surface area contributed by atoms with E-state index in [1.54, 1.807) is 37.3 Å². The van der Waals surface area contributed by atoms with Crippen LogP contribution in [0, 0.1) is 5.92 Å². The Labute approximate surface area is 209 Å². The molecule has 0 unspecified atom stereocenters. The van der Waals surface area contributed by atoms with Crippen molar-refractivity contribution in [2.45, 2.75) is 29.6 Å². The highest BCUT2D eigenvalue weighted by molar-refractivity contribution is 7.99. The molecule has 35 heavy (non-hydrogen) atoms. The minimum atomic E-state index is -3.68. The molecule has 1 saturated heterocycles. The fraction of sp³-hybridized carbons (Fsp3) is 0.417. The largest absolute Gasteiger partial charge is 0.497 e.